The average Bonchev–Trinajstić information content (AvgIpc) is 1.64. The van der Waals surface area contributed by atoms with Crippen molar-refractivity contribution in [3.05, 3.63) is 411 Å². The van der Waals surface area contributed by atoms with Gasteiger partial charge in [-0.25, -0.2) is 29.9 Å². The third-order valence-corrected chi connectivity index (χ3v) is 25.3. The number of nitriles is 6. The molecule has 0 amide bonds. The number of benzene rings is 15. The van der Waals surface area contributed by atoms with Crippen LogP contribution in [0.5, 0.6) is 0 Å². The minimum Gasteiger partial charge on any atom is -0.323 e. The monoisotopic (exact) mass is 1710 g/mol. The summed E-state index contributed by atoms with van der Waals surface area (Å²) < 4.78 is 6.69. The second kappa shape index (κ2) is 32.7. The van der Waals surface area contributed by atoms with E-state index in [0.29, 0.717) is 102 Å². The minimum atomic E-state index is -0.745. The Hall–Kier alpha value is -19.5. The van der Waals surface area contributed by atoms with Crippen LogP contribution in [0.3, 0.4) is 0 Å². The molecule has 0 saturated heterocycles. The Kier molecular flexibility index (Phi) is 19.3. The van der Waals surface area contributed by atoms with Crippen molar-refractivity contribution in [2.24, 2.45) is 0 Å². The van der Waals surface area contributed by atoms with Gasteiger partial charge in [-0.1, -0.05) is 176 Å². The van der Waals surface area contributed by atoms with E-state index < -0.39 is 6.04 Å². The molecule has 8 heterocycles. The van der Waals surface area contributed by atoms with Crippen molar-refractivity contribution in [1.29, 1.82) is 31.6 Å². The van der Waals surface area contributed by atoms with Crippen LogP contribution in [-0.2, 0) is 0 Å². The first kappa shape index (κ1) is 79.2. The van der Waals surface area contributed by atoms with Crippen LogP contribution in [0, 0.1) is 68.0 Å². The van der Waals surface area contributed by atoms with Crippen LogP contribution in [-0.4, -0.2) is 59.6 Å². The smallest absolute Gasteiger partial charge is 0.164 e. The van der Waals surface area contributed by atoms with E-state index in [2.05, 4.69) is 152 Å². The Labute approximate surface area is 767 Å². The zero-order valence-electron chi connectivity index (χ0n) is 71.3. The van der Waals surface area contributed by atoms with Crippen molar-refractivity contribution in [2.75, 3.05) is 4.90 Å². The van der Waals surface area contributed by atoms with Crippen LogP contribution in [0.1, 0.15) is 39.8 Å². The number of hydrogen-bond donors (Lipinski definition) is 0. The van der Waals surface area contributed by atoms with Crippen molar-refractivity contribution in [1.82, 2.24) is 53.6 Å². The first-order valence-corrected chi connectivity index (χ1v) is 43.4. The molecule has 0 radical (unpaired) electrons. The van der Waals surface area contributed by atoms with Gasteiger partial charge in [-0.05, 0) is 215 Å². The van der Waals surface area contributed by atoms with E-state index >= 15 is 0 Å². The van der Waals surface area contributed by atoms with Gasteiger partial charge >= 0.3 is 0 Å². The van der Waals surface area contributed by atoms with Gasteiger partial charge < -0.3 is 18.6 Å². The van der Waals surface area contributed by atoms with E-state index in [1.807, 2.05) is 261 Å². The number of aromatic nitrogens is 11. The number of para-hydroxylation sites is 2. The molecule has 0 aliphatic carbocycles. The number of anilines is 2. The summed E-state index contributed by atoms with van der Waals surface area (Å²) in [7, 11) is 0. The van der Waals surface area contributed by atoms with Gasteiger partial charge in [0.25, 0.3) is 0 Å². The van der Waals surface area contributed by atoms with Crippen molar-refractivity contribution in [2.45, 2.75) is 12.5 Å². The van der Waals surface area contributed by atoms with Gasteiger partial charge in [0.2, 0.25) is 0 Å². The van der Waals surface area contributed by atoms with Crippen LogP contribution >= 0.6 is 0 Å². The zero-order valence-corrected chi connectivity index (χ0v) is 71.3. The summed E-state index contributed by atoms with van der Waals surface area (Å²) in [5.41, 5.74) is 25.4. The molecule has 18 heteroatoms. The molecule has 0 spiro atoms. The molecule has 0 N–H and O–H groups in total. The van der Waals surface area contributed by atoms with Gasteiger partial charge in [0.05, 0.1) is 109 Å². The zero-order chi connectivity index (χ0) is 90.2. The third-order valence-electron chi connectivity index (χ3n) is 25.3. The summed E-state index contributed by atoms with van der Waals surface area (Å²) in [5, 5.41) is 68.7. The first-order valence-electron chi connectivity index (χ1n) is 43.4. The molecule has 0 saturated carbocycles. The van der Waals surface area contributed by atoms with Crippen LogP contribution in [0.15, 0.2) is 377 Å². The first-order chi connectivity index (χ1) is 66.0. The molecule has 1 aliphatic heterocycles. The molecule has 620 valence electrons. The summed E-state index contributed by atoms with van der Waals surface area (Å²) in [4.78, 5) is 44.1. The molecule has 18 nitrogen and oxygen atoms in total. The SMILES string of the molecule is C=C1CC(C#N)N(c2ccc(-c3cccnc3)cc2-c2cc(-n3c4ccc(C#N)cc4c4cc(C#N)ccc43)ccc2-c2nc(-c3ccccc3)nc(-c3ccc(-c4ccncc4-c4ccc(-n5c6ccccc6c6cc(C#N)ccc65)c(-c5cc(-n6c7ccccc7c7cc(C#N)ccc76)ccc5-c5nc(-c6ccccc6)nc(-c6ccccc6)n5)c4)cc3)n2)c2ccc(C#N)cc21. The Balaban J connectivity index is 0.727. The van der Waals surface area contributed by atoms with E-state index in [0.717, 1.165) is 155 Å². The van der Waals surface area contributed by atoms with E-state index in [1.54, 1.807) is 24.4 Å². The lowest BCUT2D eigenvalue weighted by Gasteiger charge is -2.38. The maximum absolute atomic E-state index is 11.4. The average molecular weight is 1710 g/mol. The van der Waals surface area contributed by atoms with E-state index in [1.165, 1.54) is 0 Å². The summed E-state index contributed by atoms with van der Waals surface area (Å²) in [6, 6.07) is 128. The Bertz CT molecular complexity index is 8830. The lowest BCUT2D eigenvalue weighted by Crippen LogP contribution is -2.34. The number of fused-ring (bicyclic) bond motifs is 10. The highest BCUT2D eigenvalue weighted by atomic mass is 15.2. The molecule has 1 unspecified atom stereocenters. The van der Waals surface area contributed by atoms with Crippen LogP contribution in [0.25, 0.3) is 212 Å². The predicted molar refractivity (Wildman–Crippen MR) is 527 cm³/mol. The van der Waals surface area contributed by atoms with Crippen LogP contribution in [0.2, 0.25) is 0 Å². The molecule has 22 aromatic rings. The number of nitrogens with zero attached hydrogens (tertiary/aromatic N) is 18. The van der Waals surface area contributed by atoms with Gasteiger partial charge in [0.1, 0.15) is 6.04 Å². The molecule has 7 aromatic heterocycles. The molecule has 0 bridgehead atoms. The minimum absolute atomic E-state index is 0.280. The largest absolute Gasteiger partial charge is 0.323 e. The molecule has 134 heavy (non-hydrogen) atoms. The quantitative estimate of drug-likeness (QED) is 0.0923. The fourth-order valence-corrected chi connectivity index (χ4v) is 19.1. The van der Waals surface area contributed by atoms with Gasteiger partial charge in [-0.15, -0.1) is 0 Å². The van der Waals surface area contributed by atoms with Crippen molar-refractivity contribution < 1.29 is 0 Å². The second-order valence-corrected chi connectivity index (χ2v) is 33.0. The Morgan fingerprint density at radius 1 is 0.246 bits per heavy atom. The lowest BCUT2D eigenvalue weighted by molar-refractivity contribution is 0.795. The van der Waals surface area contributed by atoms with Crippen LogP contribution < -0.4 is 4.90 Å². The van der Waals surface area contributed by atoms with Gasteiger partial charge in [0, 0.05) is 142 Å². The third kappa shape index (κ3) is 13.6. The van der Waals surface area contributed by atoms with Crippen molar-refractivity contribution >= 4 is 82.4 Å². The van der Waals surface area contributed by atoms with E-state index in [4.69, 9.17) is 34.9 Å². The fourth-order valence-electron chi connectivity index (χ4n) is 19.1. The van der Waals surface area contributed by atoms with Crippen LogP contribution in [0.4, 0.5) is 11.4 Å². The number of pyridine rings is 2. The second-order valence-electron chi connectivity index (χ2n) is 33.0. The molecule has 23 rings (SSSR count). The number of hydrogen-bond acceptors (Lipinski definition) is 15. The molecule has 15 aromatic carbocycles. The maximum Gasteiger partial charge on any atom is 0.164 e. The maximum atomic E-state index is 11.4. The molecular weight excluding hydrogens is 1650 g/mol. The topological polar surface area (TPSA) is 264 Å². The molecular formula is C116H66N18. The summed E-state index contributed by atoms with van der Waals surface area (Å²) in [6.45, 7) is 4.48. The summed E-state index contributed by atoms with van der Waals surface area (Å²) in [6.07, 6.45) is 7.56. The standard InChI is InChI=1S/C116H66N18/c1-70-52-86(67-122)133(104-42-27-71(62-117)53-92(70)104)108-47-36-81(83-22-15-50-123-68-83)58-99(108)93-61-85(132-106-44-29-74(65-120)56-97(106)98-57-75(66-121)30-45-107(98)132)39-41-90(93)116-129-113(79-20-9-4-10-21-79)126-114(130-116)80-34-32-76(33-35-80)87-49-51-124-69-101(87)82-37-48-110(134-103-26-14-12-24-89(103)96-55-73(64-119)31-46-109(96)134)100(59-82)94-60-84(131-102-25-13-11-23-88(102)95-54-72(63-118)28-43-105(95)131)38-40-91(94)115-127-111(77-16-5-2-6-17-77)125-112(128-115)78-18-7-3-8-19-78/h2-51,53-61,68-69,86H,1,52H2. The van der Waals surface area contributed by atoms with Crippen molar-refractivity contribution in [3.63, 3.8) is 0 Å². The summed E-state index contributed by atoms with van der Waals surface area (Å²) in [5.74, 6) is 2.54. The van der Waals surface area contributed by atoms with Gasteiger partial charge in [0.15, 0.2) is 34.9 Å². The normalized spacial score (nSPS) is 12.3. The highest BCUT2D eigenvalue weighted by Crippen LogP contribution is 2.51. The fraction of sp³-hybridized carbons (Fsp3) is 0.0172. The Morgan fingerprint density at radius 2 is 0.627 bits per heavy atom. The molecule has 1 atom stereocenters. The highest BCUT2D eigenvalue weighted by Gasteiger charge is 2.34. The Morgan fingerprint density at radius 3 is 1.13 bits per heavy atom. The highest BCUT2D eigenvalue weighted by molar-refractivity contribution is 6.14. The van der Waals surface area contributed by atoms with Crippen molar-refractivity contribution in [3.8, 4) is 177 Å². The predicted octanol–water partition coefficient (Wildman–Crippen LogP) is 26.3. The van der Waals surface area contributed by atoms with Gasteiger partial charge in [-0.2, -0.15) is 31.6 Å². The number of rotatable bonds is 15. The lowest BCUT2D eigenvalue weighted by atomic mass is 9.88. The van der Waals surface area contributed by atoms with E-state index in [-0.39, 0.29) is 6.42 Å². The van der Waals surface area contributed by atoms with E-state index in [9.17, 15) is 31.6 Å². The van der Waals surface area contributed by atoms with Gasteiger partial charge in [-0.3, -0.25) is 9.97 Å². The molecule has 0 fully saturated rings. The molecule has 1 aliphatic rings. The summed E-state index contributed by atoms with van der Waals surface area (Å²) >= 11 is 0.